The Labute approximate surface area is 78.8 Å². The van der Waals surface area contributed by atoms with E-state index in [4.69, 9.17) is 5.73 Å². The number of phenolic OH excluding ortho intramolecular Hbond substituents is 1. The number of H-pyrrole nitrogens is 1. The van der Waals surface area contributed by atoms with Gasteiger partial charge in [-0.05, 0) is 12.1 Å². The molecule has 0 atom stereocenters. The number of aromatic hydroxyl groups is 2. The predicted octanol–water partition coefficient (Wildman–Crippen LogP) is 0.678. The molecule has 14 heavy (non-hydrogen) atoms. The fraction of sp³-hybridized carbons (Fsp3) is 0. The van der Waals surface area contributed by atoms with Crippen LogP contribution in [0.5, 0.6) is 11.5 Å². The number of aromatic nitrogens is 1. The number of nitrogens with one attached hydrogen (secondary N) is 1. The number of amides is 1. The van der Waals surface area contributed by atoms with E-state index in [9.17, 15) is 15.0 Å². The number of benzene rings is 1. The lowest BCUT2D eigenvalue weighted by atomic mass is 10.2. The van der Waals surface area contributed by atoms with Gasteiger partial charge in [0.2, 0.25) is 0 Å². The Bertz CT molecular complexity index is 516. The van der Waals surface area contributed by atoms with Crippen LogP contribution in [0.2, 0.25) is 0 Å². The molecule has 0 saturated carbocycles. The molecule has 72 valence electrons. The van der Waals surface area contributed by atoms with Gasteiger partial charge in [0, 0.05) is 0 Å². The lowest BCUT2D eigenvalue weighted by Gasteiger charge is -1.94. The summed E-state index contributed by atoms with van der Waals surface area (Å²) in [6, 6.07) is 4.64. The number of phenols is 1. The van der Waals surface area contributed by atoms with Gasteiger partial charge in [0.15, 0.2) is 5.75 Å². The minimum atomic E-state index is -0.766. The highest BCUT2D eigenvalue weighted by Gasteiger charge is 2.16. The first-order chi connectivity index (χ1) is 6.61. The summed E-state index contributed by atoms with van der Waals surface area (Å²) < 4.78 is 0. The topological polar surface area (TPSA) is 99.3 Å². The summed E-state index contributed by atoms with van der Waals surface area (Å²) in [6.45, 7) is 0. The van der Waals surface area contributed by atoms with Crippen LogP contribution in [0, 0.1) is 0 Å². The Morgan fingerprint density at radius 1 is 1.36 bits per heavy atom. The zero-order chi connectivity index (χ0) is 10.3. The van der Waals surface area contributed by atoms with Gasteiger partial charge in [0.05, 0.1) is 10.9 Å². The summed E-state index contributed by atoms with van der Waals surface area (Å²) in [5, 5.41) is 19.2. The molecule has 0 fully saturated rings. The molecule has 2 aromatic rings. The van der Waals surface area contributed by atoms with Crippen LogP contribution in [0.1, 0.15) is 10.5 Å². The quantitative estimate of drug-likeness (QED) is 0.534. The van der Waals surface area contributed by atoms with E-state index in [1.54, 1.807) is 12.1 Å². The van der Waals surface area contributed by atoms with Gasteiger partial charge in [-0.1, -0.05) is 6.07 Å². The highest BCUT2D eigenvalue weighted by molar-refractivity contribution is 6.04. The molecule has 0 aliphatic rings. The first kappa shape index (κ1) is 8.43. The van der Waals surface area contributed by atoms with Gasteiger partial charge in [0.1, 0.15) is 11.4 Å². The van der Waals surface area contributed by atoms with E-state index >= 15 is 0 Å². The molecule has 0 radical (unpaired) electrons. The summed E-state index contributed by atoms with van der Waals surface area (Å²) in [5.74, 6) is -1.17. The summed E-state index contributed by atoms with van der Waals surface area (Å²) in [6.07, 6.45) is 0. The molecule has 0 spiro atoms. The molecule has 1 heterocycles. The lowest BCUT2D eigenvalue weighted by molar-refractivity contribution is 0.0994. The molecule has 1 aromatic carbocycles. The first-order valence-electron chi connectivity index (χ1n) is 3.93. The smallest absolute Gasteiger partial charge is 0.269 e. The van der Waals surface area contributed by atoms with Crippen molar-refractivity contribution >= 4 is 16.8 Å². The molecule has 1 amide bonds. The third kappa shape index (κ3) is 0.990. The number of primary amides is 1. The molecule has 5 heteroatoms. The van der Waals surface area contributed by atoms with Crippen LogP contribution in [-0.4, -0.2) is 21.1 Å². The van der Waals surface area contributed by atoms with E-state index in [-0.39, 0.29) is 22.6 Å². The second kappa shape index (κ2) is 2.66. The number of rotatable bonds is 1. The van der Waals surface area contributed by atoms with Crippen molar-refractivity contribution in [1.82, 2.24) is 4.98 Å². The molecule has 0 saturated heterocycles. The van der Waals surface area contributed by atoms with Gasteiger partial charge in [-0.2, -0.15) is 0 Å². The molecule has 5 N–H and O–H groups in total. The van der Waals surface area contributed by atoms with Crippen LogP contribution in [-0.2, 0) is 0 Å². The maximum atomic E-state index is 10.9. The summed E-state index contributed by atoms with van der Waals surface area (Å²) in [5.41, 5.74) is 5.39. The van der Waals surface area contributed by atoms with Gasteiger partial charge in [0.25, 0.3) is 5.91 Å². The third-order valence-electron chi connectivity index (χ3n) is 2.02. The van der Waals surface area contributed by atoms with Gasteiger partial charge >= 0.3 is 0 Å². The number of carbonyl (C=O) groups is 1. The standard InChI is InChI=1S/C9H8N2O3/c10-9(14)7-8(13)6-4(11-7)2-1-3-5(6)12/h1-3,11-13H,(H2,10,14). The maximum absolute atomic E-state index is 10.9. The Kier molecular flexibility index (Phi) is 1.60. The zero-order valence-corrected chi connectivity index (χ0v) is 7.11. The Morgan fingerprint density at radius 3 is 2.64 bits per heavy atom. The molecule has 0 unspecified atom stereocenters. The Morgan fingerprint density at radius 2 is 2.07 bits per heavy atom. The predicted molar refractivity (Wildman–Crippen MR) is 50.1 cm³/mol. The monoisotopic (exact) mass is 192 g/mol. The molecule has 0 aliphatic carbocycles. The van der Waals surface area contributed by atoms with E-state index in [1.165, 1.54) is 6.07 Å². The van der Waals surface area contributed by atoms with Gasteiger partial charge in [-0.25, -0.2) is 0 Å². The van der Waals surface area contributed by atoms with E-state index in [0.717, 1.165) is 0 Å². The fourth-order valence-electron chi connectivity index (χ4n) is 1.39. The number of fused-ring (bicyclic) bond motifs is 1. The summed E-state index contributed by atoms with van der Waals surface area (Å²) in [7, 11) is 0. The van der Waals surface area contributed by atoms with Gasteiger partial charge < -0.3 is 20.9 Å². The lowest BCUT2D eigenvalue weighted by Crippen LogP contribution is -2.11. The van der Waals surface area contributed by atoms with Crippen molar-refractivity contribution in [2.75, 3.05) is 0 Å². The molecular weight excluding hydrogens is 184 g/mol. The fourth-order valence-corrected chi connectivity index (χ4v) is 1.39. The average Bonchev–Trinajstić information content (AvgIpc) is 2.45. The van der Waals surface area contributed by atoms with Crippen molar-refractivity contribution in [2.24, 2.45) is 5.73 Å². The van der Waals surface area contributed by atoms with Gasteiger partial charge in [-0.3, -0.25) is 4.79 Å². The second-order valence-electron chi connectivity index (χ2n) is 2.91. The van der Waals surface area contributed by atoms with Crippen molar-refractivity contribution in [3.8, 4) is 11.5 Å². The molecular formula is C9H8N2O3. The van der Waals surface area contributed by atoms with E-state index < -0.39 is 5.91 Å². The van der Waals surface area contributed by atoms with E-state index in [2.05, 4.69) is 4.98 Å². The number of nitrogens with two attached hydrogens (primary N) is 1. The third-order valence-corrected chi connectivity index (χ3v) is 2.02. The van der Waals surface area contributed by atoms with Crippen LogP contribution in [0.4, 0.5) is 0 Å². The number of hydrogen-bond acceptors (Lipinski definition) is 3. The molecule has 5 nitrogen and oxygen atoms in total. The largest absolute Gasteiger partial charge is 0.507 e. The highest BCUT2D eigenvalue weighted by atomic mass is 16.3. The molecule has 1 aromatic heterocycles. The number of carbonyl (C=O) groups excluding carboxylic acids is 1. The van der Waals surface area contributed by atoms with Crippen LogP contribution in [0.3, 0.4) is 0 Å². The van der Waals surface area contributed by atoms with Crippen molar-refractivity contribution in [3.63, 3.8) is 0 Å². The van der Waals surface area contributed by atoms with Crippen LogP contribution in [0.15, 0.2) is 18.2 Å². The van der Waals surface area contributed by atoms with Crippen molar-refractivity contribution in [3.05, 3.63) is 23.9 Å². The van der Waals surface area contributed by atoms with Crippen LogP contribution in [0.25, 0.3) is 10.9 Å². The maximum Gasteiger partial charge on any atom is 0.269 e. The van der Waals surface area contributed by atoms with Crippen LogP contribution >= 0.6 is 0 Å². The minimum absolute atomic E-state index is 0.0937. The van der Waals surface area contributed by atoms with Crippen molar-refractivity contribution in [2.45, 2.75) is 0 Å². The highest BCUT2D eigenvalue weighted by Crippen LogP contribution is 2.34. The SMILES string of the molecule is NC(=O)c1[nH]c2cccc(O)c2c1O. The number of hydrogen-bond donors (Lipinski definition) is 4. The van der Waals surface area contributed by atoms with Crippen LogP contribution < -0.4 is 5.73 Å². The molecule has 0 aliphatic heterocycles. The average molecular weight is 192 g/mol. The Balaban J connectivity index is 2.87. The van der Waals surface area contributed by atoms with E-state index in [0.29, 0.717) is 5.52 Å². The molecule has 2 rings (SSSR count). The van der Waals surface area contributed by atoms with Gasteiger partial charge in [-0.15, -0.1) is 0 Å². The summed E-state index contributed by atoms with van der Waals surface area (Å²) >= 11 is 0. The normalized spacial score (nSPS) is 10.6. The minimum Gasteiger partial charge on any atom is -0.507 e. The van der Waals surface area contributed by atoms with Crippen molar-refractivity contribution in [1.29, 1.82) is 0 Å². The number of aromatic amines is 1. The second-order valence-corrected chi connectivity index (χ2v) is 2.91. The zero-order valence-electron chi connectivity index (χ0n) is 7.11. The van der Waals surface area contributed by atoms with E-state index in [1.807, 2.05) is 0 Å². The van der Waals surface area contributed by atoms with Crippen molar-refractivity contribution < 1.29 is 15.0 Å². The first-order valence-corrected chi connectivity index (χ1v) is 3.93. The Hall–Kier alpha value is -2.17. The molecule has 0 bridgehead atoms. The summed E-state index contributed by atoms with van der Waals surface area (Å²) in [4.78, 5) is 13.5.